The standard InChI is InChI=1S/C28H27F3N2O3/c1-35-24-16-21-22(27(28(29,30)31,36-26(21)34)20-11-6-3-7-12-20)15-19(24)17-33-23-13-8-14-32-25(23)18-9-4-2-5-10-18/h2-7,9-12,15-16,23,25,32-33H,8,13-14,17H2,1H3/t23-,25-,27?/m0/s1. The second kappa shape index (κ2) is 9.59. The predicted molar refractivity (Wildman–Crippen MR) is 129 cm³/mol. The van der Waals surface area contributed by atoms with Crippen molar-refractivity contribution in [2.45, 2.75) is 43.2 Å². The zero-order valence-electron chi connectivity index (χ0n) is 19.8. The normalized spacial score (nSPS) is 23.7. The lowest BCUT2D eigenvalue weighted by molar-refractivity contribution is -0.243. The number of halogens is 3. The Bertz CT molecular complexity index is 1230. The third-order valence-electron chi connectivity index (χ3n) is 7.02. The number of hydrogen-bond acceptors (Lipinski definition) is 5. The molecule has 1 saturated heterocycles. The summed E-state index contributed by atoms with van der Waals surface area (Å²) in [4.78, 5) is 12.7. The third kappa shape index (κ3) is 4.14. The minimum Gasteiger partial charge on any atom is -0.496 e. The van der Waals surface area contributed by atoms with Crippen molar-refractivity contribution >= 4 is 5.97 Å². The number of fused-ring (bicyclic) bond motifs is 1. The van der Waals surface area contributed by atoms with E-state index in [1.165, 1.54) is 43.5 Å². The average molecular weight is 497 g/mol. The molecule has 1 unspecified atom stereocenters. The van der Waals surface area contributed by atoms with Crippen LogP contribution in [-0.4, -0.2) is 31.8 Å². The lowest BCUT2D eigenvalue weighted by atomic mass is 9.83. The molecule has 0 bridgehead atoms. The van der Waals surface area contributed by atoms with Gasteiger partial charge < -0.3 is 20.1 Å². The molecule has 36 heavy (non-hydrogen) atoms. The molecular formula is C28H27F3N2O3. The van der Waals surface area contributed by atoms with Crippen molar-refractivity contribution in [1.29, 1.82) is 0 Å². The van der Waals surface area contributed by atoms with Crippen molar-refractivity contribution in [3.05, 3.63) is 101 Å². The van der Waals surface area contributed by atoms with Gasteiger partial charge in [0.15, 0.2) is 0 Å². The van der Waals surface area contributed by atoms with E-state index >= 15 is 0 Å². The number of carbonyl (C=O) groups is 1. The summed E-state index contributed by atoms with van der Waals surface area (Å²) in [6, 6.07) is 20.3. The molecule has 0 spiro atoms. The Morgan fingerprint density at radius 2 is 1.78 bits per heavy atom. The molecule has 8 heteroatoms. The van der Waals surface area contributed by atoms with Crippen molar-refractivity contribution in [2.24, 2.45) is 0 Å². The van der Waals surface area contributed by atoms with Gasteiger partial charge in [-0.25, -0.2) is 4.79 Å². The zero-order chi connectivity index (χ0) is 25.3. The number of carbonyl (C=O) groups excluding carboxylic acids is 1. The molecule has 2 N–H and O–H groups in total. The van der Waals surface area contributed by atoms with Crippen molar-refractivity contribution < 1.29 is 27.4 Å². The molecule has 2 heterocycles. The highest BCUT2D eigenvalue weighted by molar-refractivity contribution is 5.96. The molecule has 0 aliphatic carbocycles. The molecule has 0 amide bonds. The van der Waals surface area contributed by atoms with Gasteiger partial charge in [0.2, 0.25) is 0 Å². The van der Waals surface area contributed by atoms with Crippen molar-refractivity contribution in [3.8, 4) is 5.75 Å². The van der Waals surface area contributed by atoms with Gasteiger partial charge >= 0.3 is 12.1 Å². The molecule has 1 fully saturated rings. The summed E-state index contributed by atoms with van der Waals surface area (Å²) in [7, 11) is 1.44. The molecule has 5 rings (SSSR count). The highest BCUT2D eigenvalue weighted by Gasteiger charge is 2.65. The van der Waals surface area contributed by atoms with Crippen LogP contribution in [0.25, 0.3) is 0 Å². The van der Waals surface area contributed by atoms with E-state index in [-0.39, 0.29) is 35.3 Å². The van der Waals surface area contributed by atoms with E-state index < -0.39 is 17.7 Å². The second-order valence-corrected chi connectivity index (χ2v) is 9.12. The van der Waals surface area contributed by atoms with Crippen LogP contribution in [0.2, 0.25) is 0 Å². The molecular weight excluding hydrogens is 469 g/mol. The number of alkyl halides is 3. The first-order chi connectivity index (χ1) is 17.3. The number of esters is 1. The average Bonchev–Trinajstić information content (AvgIpc) is 3.20. The van der Waals surface area contributed by atoms with Crippen LogP contribution < -0.4 is 15.4 Å². The highest BCUT2D eigenvalue weighted by Crippen LogP contribution is 2.53. The van der Waals surface area contributed by atoms with Crippen LogP contribution in [0.15, 0.2) is 72.8 Å². The first-order valence-corrected chi connectivity index (χ1v) is 11.9. The Labute approximate surface area is 207 Å². The number of hydrogen-bond donors (Lipinski definition) is 2. The van der Waals surface area contributed by atoms with Crippen LogP contribution >= 0.6 is 0 Å². The smallest absolute Gasteiger partial charge is 0.437 e. The van der Waals surface area contributed by atoms with Gasteiger partial charge in [-0.2, -0.15) is 13.2 Å². The van der Waals surface area contributed by atoms with Gasteiger partial charge in [0, 0.05) is 35.3 Å². The molecule has 5 nitrogen and oxygen atoms in total. The number of rotatable bonds is 6. The van der Waals surface area contributed by atoms with Gasteiger partial charge in [-0.15, -0.1) is 0 Å². The minimum absolute atomic E-state index is 0.0680. The number of ether oxygens (including phenoxy) is 2. The van der Waals surface area contributed by atoms with E-state index in [4.69, 9.17) is 9.47 Å². The summed E-state index contributed by atoms with van der Waals surface area (Å²) in [6.07, 6.45) is -2.96. The Hall–Kier alpha value is -3.36. The molecule has 0 radical (unpaired) electrons. The molecule has 3 aromatic carbocycles. The summed E-state index contributed by atoms with van der Waals surface area (Å²) >= 11 is 0. The number of methoxy groups -OCH3 is 1. The molecule has 188 valence electrons. The van der Waals surface area contributed by atoms with Crippen molar-refractivity contribution in [2.75, 3.05) is 13.7 Å². The number of nitrogens with one attached hydrogen (secondary N) is 2. The van der Waals surface area contributed by atoms with Crippen LogP contribution in [0.3, 0.4) is 0 Å². The Balaban J connectivity index is 1.52. The van der Waals surface area contributed by atoms with Crippen molar-refractivity contribution in [1.82, 2.24) is 10.6 Å². The van der Waals surface area contributed by atoms with Crippen LogP contribution in [0.5, 0.6) is 5.75 Å². The summed E-state index contributed by atoms with van der Waals surface area (Å²) in [5, 5.41) is 7.07. The van der Waals surface area contributed by atoms with Crippen LogP contribution in [0.1, 0.15) is 51.5 Å². The molecule has 0 saturated carbocycles. The first-order valence-electron chi connectivity index (χ1n) is 11.9. The lowest BCUT2D eigenvalue weighted by Crippen LogP contribution is -2.45. The van der Waals surface area contributed by atoms with Crippen LogP contribution in [0, 0.1) is 0 Å². The van der Waals surface area contributed by atoms with Gasteiger partial charge in [-0.1, -0.05) is 60.7 Å². The SMILES string of the molecule is COc1cc2c(cc1CN[C@H]1CCCN[C@H]1c1ccccc1)C(c1ccccc1)(C(F)(F)F)OC2=O. The Kier molecular flexibility index (Phi) is 6.49. The molecule has 2 aliphatic rings. The van der Waals surface area contributed by atoms with E-state index in [0.717, 1.165) is 24.9 Å². The lowest BCUT2D eigenvalue weighted by Gasteiger charge is -2.34. The second-order valence-electron chi connectivity index (χ2n) is 9.12. The maximum atomic E-state index is 14.7. The van der Waals surface area contributed by atoms with Crippen LogP contribution in [-0.2, 0) is 16.9 Å². The fourth-order valence-electron chi connectivity index (χ4n) is 5.28. The van der Waals surface area contributed by atoms with Gasteiger partial charge in [-0.3, -0.25) is 0 Å². The minimum atomic E-state index is -4.86. The van der Waals surface area contributed by atoms with Gasteiger partial charge in [-0.05, 0) is 37.1 Å². The summed E-state index contributed by atoms with van der Waals surface area (Å²) < 4.78 is 54.6. The predicted octanol–water partition coefficient (Wildman–Crippen LogP) is 5.25. The van der Waals surface area contributed by atoms with E-state index in [9.17, 15) is 18.0 Å². The largest absolute Gasteiger partial charge is 0.496 e. The molecule has 3 aromatic rings. The maximum absolute atomic E-state index is 14.7. The molecule has 2 aliphatic heterocycles. The topological polar surface area (TPSA) is 59.6 Å². The van der Waals surface area contributed by atoms with E-state index in [0.29, 0.717) is 11.3 Å². The Morgan fingerprint density at radius 1 is 1.08 bits per heavy atom. The van der Waals surface area contributed by atoms with E-state index in [1.54, 1.807) is 6.07 Å². The van der Waals surface area contributed by atoms with Crippen molar-refractivity contribution in [3.63, 3.8) is 0 Å². The first kappa shape index (κ1) is 24.3. The third-order valence-corrected chi connectivity index (χ3v) is 7.02. The van der Waals surface area contributed by atoms with E-state index in [2.05, 4.69) is 22.8 Å². The van der Waals surface area contributed by atoms with Crippen LogP contribution in [0.4, 0.5) is 13.2 Å². The van der Waals surface area contributed by atoms with Gasteiger partial charge in [0.25, 0.3) is 5.60 Å². The number of cyclic esters (lactones) is 1. The summed E-state index contributed by atoms with van der Waals surface area (Å²) in [6.45, 7) is 1.16. The molecule has 0 aromatic heterocycles. The fourth-order valence-corrected chi connectivity index (χ4v) is 5.28. The Morgan fingerprint density at radius 3 is 2.44 bits per heavy atom. The maximum Gasteiger partial charge on any atom is 0.437 e. The summed E-state index contributed by atoms with van der Waals surface area (Å²) in [5.41, 5.74) is -1.70. The number of piperidine rings is 1. The summed E-state index contributed by atoms with van der Waals surface area (Å²) in [5.74, 6) is -0.686. The zero-order valence-corrected chi connectivity index (χ0v) is 19.8. The van der Waals surface area contributed by atoms with Gasteiger partial charge in [0.1, 0.15) is 5.75 Å². The quantitative estimate of drug-likeness (QED) is 0.457. The van der Waals surface area contributed by atoms with Gasteiger partial charge in [0.05, 0.1) is 12.7 Å². The fraction of sp³-hybridized carbons (Fsp3) is 0.321. The highest BCUT2D eigenvalue weighted by atomic mass is 19.4. The molecule has 3 atom stereocenters. The van der Waals surface area contributed by atoms with E-state index in [1.807, 2.05) is 18.2 Å². The monoisotopic (exact) mass is 496 g/mol. The number of benzene rings is 3.